The second-order valence-corrected chi connectivity index (χ2v) is 6.18. The lowest BCUT2D eigenvalue weighted by Crippen LogP contribution is -2.18. The van der Waals surface area contributed by atoms with Gasteiger partial charge < -0.3 is 9.64 Å². The average molecular weight is 334 g/mol. The molecule has 5 heteroatoms. The van der Waals surface area contributed by atoms with E-state index in [0.29, 0.717) is 11.4 Å². The summed E-state index contributed by atoms with van der Waals surface area (Å²) in [5, 5.41) is 13.5. The first-order valence-corrected chi connectivity index (χ1v) is 8.41. The standard InChI is InChI=1S/C20H18N2O3/c23-22(24)18-11-10-16(14-19(18)21-12-3-4-13-21)25-20-9-5-7-15-6-1-2-8-17(15)20/h1-2,5-11,14H,3-4,12-13H2. The van der Waals surface area contributed by atoms with Crippen LogP contribution in [0.3, 0.4) is 0 Å². The molecule has 0 saturated carbocycles. The minimum absolute atomic E-state index is 0.132. The van der Waals surface area contributed by atoms with E-state index in [0.717, 1.165) is 42.5 Å². The Labute approximate surface area is 145 Å². The fraction of sp³-hybridized carbons (Fsp3) is 0.200. The fourth-order valence-corrected chi connectivity index (χ4v) is 3.34. The number of hydrogen-bond donors (Lipinski definition) is 0. The Morgan fingerprint density at radius 3 is 2.52 bits per heavy atom. The number of hydrogen-bond acceptors (Lipinski definition) is 4. The molecule has 0 spiro atoms. The third-order valence-corrected chi connectivity index (χ3v) is 4.57. The Morgan fingerprint density at radius 1 is 0.960 bits per heavy atom. The fourth-order valence-electron chi connectivity index (χ4n) is 3.34. The predicted octanol–water partition coefficient (Wildman–Crippen LogP) is 5.14. The van der Waals surface area contributed by atoms with Crippen molar-refractivity contribution in [3.8, 4) is 11.5 Å². The highest BCUT2D eigenvalue weighted by atomic mass is 16.6. The predicted molar refractivity (Wildman–Crippen MR) is 98.6 cm³/mol. The number of benzene rings is 3. The molecule has 1 aliphatic heterocycles. The Morgan fingerprint density at radius 2 is 1.72 bits per heavy atom. The van der Waals surface area contributed by atoms with Crippen molar-refractivity contribution in [1.29, 1.82) is 0 Å². The van der Waals surface area contributed by atoms with E-state index in [2.05, 4.69) is 4.90 Å². The third-order valence-electron chi connectivity index (χ3n) is 4.57. The topological polar surface area (TPSA) is 55.6 Å². The van der Waals surface area contributed by atoms with Crippen LogP contribution in [0.2, 0.25) is 0 Å². The molecule has 5 nitrogen and oxygen atoms in total. The van der Waals surface area contributed by atoms with Crippen LogP contribution in [0.5, 0.6) is 11.5 Å². The van der Waals surface area contributed by atoms with Crippen LogP contribution in [-0.2, 0) is 0 Å². The quantitative estimate of drug-likeness (QED) is 0.489. The third kappa shape index (κ3) is 3.01. The molecule has 0 bridgehead atoms. The van der Waals surface area contributed by atoms with E-state index in [9.17, 15) is 10.1 Å². The van der Waals surface area contributed by atoms with Crippen LogP contribution in [0, 0.1) is 10.1 Å². The maximum atomic E-state index is 11.4. The van der Waals surface area contributed by atoms with Crippen LogP contribution in [0.15, 0.2) is 60.7 Å². The molecule has 0 aliphatic carbocycles. The first kappa shape index (κ1) is 15.4. The van der Waals surface area contributed by atoms with E-state index in [1.165, 1.54) is 6.07 Å². The van der Waals surface area contributed by atoms with Crippen molar-refractivity contribution < 1.29 is 9.66 Å². The molecule has 1 saturated heterocycles. The highest BCUT2D eigenvalue weighted by molar-refractivity contribution is 5.88. The minimum atomic E-state index is -0.324. The maximum Gasteiger partial charge on any atom is 0.292 e. The van der Waals surface area contributed by atoms with Gasteiger partial charge in [0.25, 0.3) is 5.69 Å². The number of rotatable bonds is 4. The largest absolute Gasteiger partial charge is 0.457 e. The van der Waals surface area contributed by atoms with Crippen LogP contribution in [0.4, 0.5) is 11.4 Å². The molecular formula is C20H18N2O3. The molecule has 0 radical (unpaired) electrons. The highest BCUT2D eigenvalue weighted by Crippen LogP contribution is 2.37. The average Bonchev–Trinajstić information content (AvgIpc) is 3.16. The van der Waals surface area contributed by atoms with E-state index in [4.69, 9.17) is 4.74 Å². The number of anilines is 1. The molecule has 126 valence electrons. The zero-order valence-electron chi connectivity index (χ0n) is 13.7. The molecule has 1 heterocycles. The van der Waals surface area contributed by atoms with Crippen molar-refractivity contribution in [3.63, 3.8) is 0 Å². The molecule has 3 aromatic rings. The summed E-state index contributed by atoms with van der Waals surface area (Å²) in [7, 11) is 0. The summed E-state index contributed by atoms with van der Waals surface area (Å²) in [6.07, 6.45) is 2.12. The summed E-state index contributed by atoms with van der Waals surface area (Å²) in [6.45, 7) is 1.69. The number of nitro groups is 1. The first-order valence-electron chi connectivity index (χ1n) is 8.41. The van der Waals surface area contributed by atoms with Gasteiger partial charge in [-0.2, -0.15) is 0 Å². The van der Waals surface area contributed by atoms with Gasteiger partial charge >= 0.3 is 0 Å². The van der Waals surface area contributed by atoms with Gasteiger partial charge in [-0.1, -0.05) is 36.4 Å². The summed E-state index contributed by atoms with van der Waals surface area (Å²) in [4.78, 5) is 13.1. The Balaban J connectivity index is 1.73. The van der Waals surface area contributed by atoms with Gasteiger partial charge in [-0.3, -0.25) is 10.1 Å². The summed E-state index contributed by atoms with van der Waals surface area (Å²) in [6, 6.07) is 18.9. The lowest BCUT2D eigenvalue weighted by Gasteiger charge is -2.18. The lowest BCUT2D eigenvalue weighted by atomic mass is 10.1. The summed E-state index contributed by atoms with van der Waals surface area (Å²) in [5.74, 6) is 1.36. The molecule has 0 atom stereocenters. The number of fused-ring (bicyclic) bond motifs is 1. The highest BCUT2D eigenvalue weighted by Gasteiger charge is 2.23. The molecule has 0 unspecified atom stereocenters. The molecule has 4 rings (SSSR count). The van der Waals surface area contributed by atoms with Gasteiger partial charge in [0.05, 0.1) is 4.92 Å². The second-order valence-electron chi connectivity index (χ2n) is 6.18. The molecule has 3 aromatic carbocycles. The van der Waals surface area contributed by atoms with E-state index in [1.54, 1.807) is 12.1 Å². The summed E-state index contributed by atoms with van der Waals surface area (Å²) < 4.78 is 6.08. The van der Waals surface area contributed by atoms with Crippen molar-refractivity contribution in [2.24, 2.45) is 0 Å². The van der Waals surface area contributed by atoms with Crippen LogP contribution in [0.25, 0.3) is 10.8 Å². The monoisotopic (exact) mass is 334 g/mol. The molecule has 1 aliphatic rings. The van der Waals surface area contributed by atoms with Gasteiger partial charge in [0.15, 0.2) is 0 Å². The van der Waals surface area contributed by atoms with Crippen molar-refractivity contribution >= 4 is 22.1 Å². The van der Waals surface area contributed by atoms with Crippen LogP contribution in [-0.4, -0.2) is 18.0 Å². The smallest absolute Gasteiger partial charge is 0.292 e. The van der Waals surface area contributed by atoms with E-state index in [-0.39, 0.29) is 10.6 Å². The van der Waals surface area contributed by atoms with Gasteiger partial charge in [-0.15, -0.1) is 0 Å². The van der Waals surface area contributed by atoms with Gasteiger partial charge in [0.1, 0.15) is 17.2 Å². The molecule has 1 fully saturated rings. The van der Waals surface area contributed by atoms with E-state index < -0.39 is 0 Å². The first-order chi connectivity index (χ1) is 12.2. The molecule has 0 amide bonds. The van der Waals surface area contributed by atoms with Crippen molar-refractivity contribution in [1.82, 2.24) is 0 Å². The molecular weight excluding hydrogens is 316 g/mol. The Bertz CT molecular complexity index is 928. The Kier molecular flexibility index (Phi) is 3.98. The Hall–Kier alpha value is -3.08. The molecule has 0 N–H and O–H groups in total. The molecule has 25 heavy (non-hydrogen) atoms. The van der Waals surface area contributed by atoms with Crippen LogP contribution in [0.1, 0.15) is 12.8 Å². The second kappa shape index (κ2) is 6.43. The zero-order valence-corrected chi connectivity index (χ0v) is 13.7. The lowest BCUT2D eigenvalue weighted by molar-refractivity contribution is -0.384. The van der Waals surface area contributed by atoms with Crippen molar-refractivity contribution in [2.45, 2.75) is 12.8 Å². The van der Waals surface area contributed by atoms with Gasteiger partial charge in [-0.25, -0.2) is 0 Å². The van der Waals surface area contributed by atoms with Crippen molar-refractivity contribution in [2.75, 3.05) is 18.0 Å². The minimum Gasteiger partial charge on any atom is -0.457 e. The maximum absolute atomic E-state index is 11.4. The SMILES string of the molecule is O=[N+]([O-])c1ccc(Oc2cccc3ccccc23)cc1N1CCCC1. The van der Waals surface area contributed by atoms with Crippen LogP contribution < -0.4 is 9.64 Å². The van der Waals surface area contributed by atoms with E-state index >= 15 is 0 Å². The van der Waals surface area contributed by atoms with Gasteiger partial charge in [0, 0.05) is 30.6 Å². The van der Waals surface area contributed by atoms with Crippen LogP contribution >= 0.6 is 0 Å². The zero-order chi connectivity index (χ0) is 17.2. The number of nitrogens with zero attached hydrogens (tertiary/aromatic N) is 2. The summed E-state index contributed by atoms with van der Waals surface area (Å²) >= 11 is 0. The normalized spacial score (nSPS) is 14.0. The van der Waals surface area contributed by atoms with Crippen molar-refractivity contribution in [3.05, 3.63) is 70.8 Å². The van der Waals surface area contributed by atoms with Gasteiger partial charge in [-0.05, 0) is 30.4 Å². The summed E-state index contributed by atoms with van der Waals surface area (Å²) in [5.41, 5.74) is 0.771. The number of nitro benzene ring substituents is 1. The van der Waals surface area contributed by atoms with Gasteiger partial charge in [0.2, 0.25) is 0 Å². The molecule has 0 aromatic heterocycles. The van der Waals surface area contributed by atoms with E-state index in [1.807, 2.05) is 42.5 Å². The number of ether oxygens (including phenoxy) is 1.